The summed E-state index contributed by atoms with van der Waals surface area (Å²) in [5.41, 5.74) is -0.508. The first-order valence-corrected chi connectivity index (χ1v) is 8.01. The third-order valence-electron chi connectivity index (χ3n) is 3.96. The van der Waals surface area contributed by atoms with E-state index in [1.54, 1.807) is 4.90 Å². The van der Waals surface area contributed by atoms with Gasteiger partial charge in [-0.2, -0.15) is 0 Å². The third kappa shape index (κ3) is 4.70. The predicted octanol–water partition coefficient (Wildman–Crippen LogP) is 2.28. The summed E-state index contributed by atoms with van der Waals surface area (Å²) in [6.45, 7) is 7.02. The van der Waals surface area contributed by atoms with Crippen LogP contribution in [0.5, 0.6) is 0 Å². The normalized spacial score (nSPS) is 26.1. The molecule has 5 heteroatoms. The van der Waals surface area contributed by atoms with Gasteiger partial charge in [0.15, 0.2) is 0 Å². The first-order valence-electron chi connectivity index (χ1n) is 8.01. The lowest BCUT2D eigenvalue weighted by Crippen LogP contribution is -2.43. The van der Waals surface area contributed by atoms with Crippen LogP contribution in [0.3, 0.4) is 0 Å². The van der Waals surface area contributed by atoms with Crippen molar-refractivity contribution in [2.24, 2.45) is 0 Å². The Morgan fingerprint density at radius 1 is 1.24 bits per heavy atom. The number of nitrogens with zero attached hydrogens (tertiary/aromatic N) is 1. The molecule has 1 unspecified atom stereocenters. The van der Waals surface area contributed by atoms with Crippen LogP contribution in [0.25, 0.3) is 0 Å². The summed E-state index contributed by atoms with van der Waals surface area (Å²) in [6.07, 6.45) is 5.15. The Hall–Kier alpha value is -1.10. The minimum absolute atomic E-state index is 0.0545. The average molecular weight is 297 g/mol. The molecule has 0 N–H and O–H groups in total. The van der Waals surface area contributed by atoms with E-state index in [9.17, 15) is 9.59 Å². The molecular weight excluding hydrogens is 270 g/mol. The van der Waals surface area contributed by atoms with Crippen molar-refractivity contribution in [2.75, 3.05) is 13.2 Å². The van der Waals surface area contributed by atoms with Crippen molar-refractivity contribution in [1.29, 1.82) is 0 Å². The number of carbonyl (C=O) groups is 2. The van der Waals surface area contributed by atoms with E-state index >= 15 is 0 Å². The topological polar surface area (TPSA) is 55.8 Å². The first kappa shape index (κ1) is 16.3. The van der Waals surface area contributed by atoms with Crippen molar-refractivity contribution in [1.82, 2.24) is 4.90 Å². The maximum Gasteiger partial charge on any atom is 0.329 e. The largest absolute Gasteiger partial charge is 0.458 e. The number of hydrogen-bond acceptors (Lipinski definition) is 4. The van der Waals surface area contributed by atoms with Crippen LogP contribution in [0.15, 0.2) is 0 Å². The monoisotopic (exact) mass is 297 g/mol. The fourth-order valence-electron chi connectivity index (χ4n) is 2.98. The molecule has 5 nitrogen and oxygen atoms in total. The zero-order valence-corrected chi connectivity index (χ0v) is 13.4. The molecule has 1 amide bonds. The Labute approximate surface area is 127 Å². The van der Waals surface area contributed by atoms with Gasteiger partial charge in [-0.25, -0.2) is 4.79 Å². The Morgan fingerprint density at radius 2 is 2.00 bits per heavy atom. The lowest BCUT2D eigenvalue weighted by molar-refractivity contribution is -0.163. The predicted molar refractivity (Wildman–Crippen MR) is 78.8 cm³/mol. The molecule has 2 rings (SSSR count). The van der Waals surface area contributed by atoms with Crippen LogP contribution >= 0.6 is 0 Å². The second kappa shape index (κ2) is 6.77. The van der Waals surface area contributed by atoms with Gasteiger partial charge < -0.3 is 14.4 Å². The highest BCUT2D eigenvalue weighted by molar-refractivity contribution is 5.85. The molecule has 2 atom stereocenters. The summed E-state index contributed by atoms with van der Waals surface area (Å²) in [6, 6.07) is -0.402. The van der Waals surface area contributed by atoms with Crippen LogP contribution in [0, 0.1) is 0 Å². The number of amides is 1. The Morgan fingerprint density at radius 3 is 2.62 bits per heavy atom. The Balaban J connectivity index is 1.85. The molecule has 2 aliphatic heterocycles. The van der Waals surface area contributed by atoms with E-state index in [1.807, 2.05) is 20.8 Å². The SMILES string of the molecule is CC(C)(C)OC(=O)[C@H]1CCCN1C(=O)CCC1CCCO1. The fourth-order valence-corrected chi connectivity index (χ4v) is 2.98. The van der Waals surface area contributed by atoms with Gasteiger partial charge in [0.2, 0.25) is 5.91 Å². The van der Waals surface area contributed by atoms with E-state index in [4.69, 9.17) is 9.47 Å². The number of esters is 1. The summed E-state index contributed by atoms with van der Waals surface area (Å²) in [7, 11) is 0. The minimum atomic E-state index is -0.508. The maximum absolute atomic E-state index is 12.3. The number of hydrogen-bond donors (Lipinski definition) is 0. The second-order valence-electron chi connectivity index (χ2n) is 6.95. The van der Waals surface area contributed by atoms with E-state index in [-0.39, 0.29) is 18.0 Å². The van der Waals surface area contributed by atoms with Crippen LogP contribution in [-0.2, 0) is 19.1 Å². The van der Waals surface area contributed by atoms with Gasteiger partial charge in [-0.3, -0.25) is 4.79 Å². The van der Waals surface area contributed by atoms with Gasteiger partial charge in [0.25, 0.3) is 0 Å². The number of likely N-dealkylation sites (tertiary alicyclic amines) is 1. The van der Waals surface area contributed by atoms with Gasteiger partial charge in [0, 0.05) is 19.6 Å². The number of rotatable bonds is 4. The van der Waals surface area contributed by atoms with E-state index in [0.29, 0.717) is 19.4 Å². The molecule has 2 fully saturated rings. The van der Waals surface area contributed by atoms with Gasteiger partial charge in [-0.1, -0.05) is 0 Å². The van der Waals surface area contributed by atoms with Crippen molar-refractivity contribution in [2.45, 2.75) is 77.0 Å². The Bertz CT molecular complexity index is 382. The molecule has 0 saturated carbocycles. The van der Waals surface area contributed by atoms with Crippen molar-refractivity contribution >= 4 is 11.9 Å². The summed E-state index contributed by atoms with van der Waals surface area (Å²) in [5.74, 6) is -0.218. The van der Waals surface area contributed by atoms with Gasteiger partial charge in [0.1, 0.15) is 11.6 Å². The highest BCUT2D eigenvalue weighted by atomic mass is 16.6. The van der Waals surface area contributed by atoms with Gasteiger partial charge >= 0.3 is 5.97 Å². The van der Waals surface area contributed by atoms with Gasteiger partial charge in [-0.15, -0.1) is 0 Å². The lowest BCUT2D eigenvalue weighted by atomic mass is 10.1. The molecule has 0 aromatic rings. The van der Waals surface area contributed by atoms with Gasteiger partial charge in [0.05, 0.1) is 6.10 Å². The van der Waals surface area contributed by atoms with Crippen molar-refractivity contribution in [3.05, 3.63) is 0 Å². The van der Waals surface area contributed by atoms with Crippen LogP contribution < -0.4 is 0 Å². The summed E-state index contributed by atoms with van der Waals surface area (Å²) in [5, 5.41) is 0. The van der Waals surface area contributed by atoms with E-state index in [1.165, 1.54) is 0 Å². The molecule has 0 radical (unpaired) electrons. The van der Waals surface area contributed by atoms with Crippen molar-refractivity contribution < 1.29 is 19.1 Å². The zero-order chi connectivity index (χ0) is 15.5. The van der Waals surface area contributed by atoms with E-state index in [2.05, 4.69) is 0 Å². The maximum atomic E-state index is 12.3. The molecule has 2 aliphatic rings. The standard InChI is InChI=1S/C16H27NO4/c1-16(2,3)21-15(19)13-7-4-10-17(13)14(18)9-8-12-6-5-11-20-12/h12-13H,4-11H2,1-3H3/t12?,13-/m1/s1. The molecule has 120 valence electrons. The third-order valence-corrected chi connectivity index (χ3v) is 3.96. The molecule has 0 bridgehead atoms. The van der Waals surface area contributed by atoms with Crippen molar-refractivity contribution in [3.8, 4) is 0 Å². The highest BCUT2D eigenvalue weighted by Crippen LogP contribution is 2.23. The highest BCUT2D eigenvalue weighted by Gasteiger charge is 2.36. The molecule has 0 spiro atoms. The second-order valence-corrected chi connectivity index (χ2v) is 6.95. The molecule has 2 saturated heterocycles. The average Bonchev–Trinajstić information content (AvgIpc) is 3.05. The molecule has 2 heterocycles. The van der Waals surface area contributed by atoms with Crippen LogP contribution in [-0.4, -0.2) is 47.7 Å². The Kier molecular flexibility index (Phi) is 5.25. The van der Waals surface area contributed by atoms with Crippen LogP contribution in [0.2, 0.25) is 0 Å². The van der Waals surface area contributed by atoms with Crippen LogP contribution in [0.1, 0.15) is 59.3 Å². The molecule has 0 aromatic carbocycles. The first-order chi connectivity index (χ1) is 9.87. The smallest absolute Gasteiger partial charge is 0.329 e. The molecule has 21 heavy (non-hydrogen) atoms. The summed E-state index contributed by atoms with van der Waals surface area (Å²) >= 11 is 0. The molecule has 0 aliphatic carbocycles. The van der Waals surface area contributed by atoms with E-state index in [0.717, 1.165) is 32.3 Å². The summed E-state index contributed by atoms with van der Waals surface area (Å²) < 4.78 is 11.0. The van der Waals surface area contributed by atoms with E-state index < -0.39 is 11.6 Å². The lowest BCUT2D eigenvalue weighted by Gasteiger charge is -2.27. The van der Waals surface area contributed by atoms with Crippen LogP contribution in [0.4, 0.5) is 0 Å². The zero-order valence-electron chi connectivity index (χ0n) is 13.4. The number of ether oxygens (including phenoxy) is 2. The quantitative estimate of drug-likeness (QED) is 0.747. The summed E-state index contributed by atoms with van der Waals surface area (Å²) in [4.78, 5) is 26.2. The molecular formula is C16H27NO4. The number of carbonyl (C=O) groups excluding carboxylic acids is 2. The fraction of sp³-hybridized carbons (Fsp3) is 0.875. The van der Waals surface area contributed by atoms with Gasteiger partial charge in [-0.05, 0) is 52.9 Å². The van der Waals surface area contributed by atoms with Crippen molar-refractivity contribution in [3.63, 3.8) is 0 Å². The minimum Gasteiger partial charge on any atom is -0.458 e. The molecule has 0 aromatic heterocycles.